The number of ether oxygens (including phenoxy) is 1. The Morgan fingerprint density at radius 1 is 1.08 bits per heavy atom. The SMILES string of the molecule is C=Cc1c(CO)c(CC)c(C(=C)/C(C(C)=C(C)C)=C(C)\C(C)=C/C)c(F)c1N=C(C)OCC1(CC)CC1. The second-order valence-electron chi connectivity index (χ2n) is 10.5. The van der Waals surface area contributed by atoms with E-state index in [2.05, 4.69) is 65.8 Å². The van der Waals surface area contributed by atoms with Crippen LogP contribution in [0.2, 0.25) is 0 Å². The minimum Gasteiger partial charge on any atom is -0.480 e. The van der Waals surface area contributed by atoms with Crippen molar-refractivity contribution in [1.29, 1.82) is 0 Å². The number of hydrogen-bond acceptors (Lipinski definition) is 3. The minimum atomic E-state index is -0.460. The molecule has 0 saturated heterocycles. The maximum atomic E-state index is 16.6. The summed E-state index contributed by atoms with van der Waals surface area (Å²) in [5.74, 6) is -0.0536. The van der Waals surface area contributed by atoms with Gasteiger partial charge in [0.2, 0.25) is 0 Å². The molecule has 0 aromatic heterocycles. The fourth-order valence-corrected chi connectivity index (χ4v) is 4.79. The van der Waals surface area contributed by atoms with Crippen LogP contribution in [0.25, 0.3) is 11.6 Å². The van der Waals surface area contributed by atoms with Gasteiger partial charge in [0.05, 0.1) is 13.2 Å². The topological polar surface area (TPSA) is 41.8 Å². The summed E-state index contributed by atoms with van der Waals surface area (Å²) in [7, 11) is 0. The normalized spacial score (nSPS) is 15.8. The van der Waals surface area contributed by atoms with E-state index in [0.29, 0.717) is 41.2 Å². The van der Waals surface area contributed by atoms with Crippen LogP contribution in [0, 0.1) is 11.2 Å². The number of aliphatic imine (C=N–C) groups is 1. The first kappa shape index (κ1) is 30.5. The molecule has 1 aliphatic carbocycles. The predicted molar refractivity (Wildman–Crippen MR) is 158 cm³/mol. The smallest absolute Gasteiger partial charge is 0.185 e. The number of rotatable bonds is 11. The molecule has 0 aliphatic heterocycles. The van der Waals surface area contributed by atoms with Gasteiger partial charge in [-0.15, -0.1) is 0 Å². The molecule has 0 amide bonds. The lowest BCUT2D eigenvalue weighted by Crippen LogP contribution is -2.13. The summed E-state index contributed by atoms with van der Waals surface area (Å²) in [5, 5.41) is 10.4. The molecule has 202 valence electrons. The first-order valence-electron chi connectivity index (χ1n) is 13.4. The Hall–Kier alpha value is -2.72. The van der Waals surface area contributed by atoms with Gasteiger partial charge in [-0.2, -0.15) is 0 Å². The van der Waals surface area contributed by atoms with Gasteiger partial charge >= 0.3 is 0 Å². The van der Waals surface area contributed by atoms with Crippen molar-refractivity contribution in [3.05, 3.63) is 75.2 Å². The van der Waals surface area contributed by atoms with Crippen molar-refractivity contribution in [2.75, 3.05) is 6.61 Å². The Morgan fingerprint density at radius 3 is 2.14 bits per heavy atom. The van der Waals surface area contributed by atoms with Gasteiger partial charge in [-0.3, -0.25) is 0 Å². The van der Waals surface area contributed by atoms with Gasteiger partial charge in [0, 0.05) is 23.5 Å². The zero-order valence-electron chi connectivity index (χ0n) is 24.5. The van der Waals surface area contributed by atoms with Gasteiger partial charge < -0.3 is 9.84 Å². The first-order chi connectivity index (χ1) is 17.4. The van der Waals surface area contributed by atoms with Gasteiger partial charge in [0.25, 0.3) is 0 Å². The van der Waals surface area contributed by atoms with Gasteiger partial charge in [0.1, 0.15) is 5.69 Å². The summed E-state index contributed by atoms with van der Waals surface area (Å²) < 4.78 is 22.6. The van der Waals surface area contributed by atoms with Crippen LogP contribution in [0.15, 0.2) is 52.1 Å². The third-order valence-electron chi connectivity index (χ3n) is 8.08. The number of benzene rings is 1. The second-order valence-corrected chi connectivity index (χ2v) is 10.5. The minimum absolute atomic E-state index is 0.140. The molecule has 0 atom stereocenters. The van der Waals surface area contributed by atoms with Crippen molar-refractivity contribution in [3.63, 3.8) is 0 Å². The van der Waals surface area contributed by atoms with Gasteiger partial charge in [0.15, 0.2) is 11.7 Å². The van der Waals surface area contributed by atoms with Crippen molar-refractivity contribution in [1.82, 2.24) is 0 Å². The van der Waals surface area contributed by atoms with E-state index in [1.807, 2.05) is 13.8 Å². The van der Waals surface area contributed by atoms with Crippen LogP contribution in [0.4, 0.5) is 10.1 Å². The van der Waals surface area contributed by atoms with E-state index in [0.717, 1.165) is 52.7 Å². The van der Waals surface area contributed by atoms with Crippen LogP contribution >= 0.6 is 0 Å². The summed E-state index contributed by atoms with van der Waals surface area (Å²) in [6.07, 6.45) is 7.52. The molecule has 0 heterocycles. The highest BCUT2D eigenvalue weighted by Gasteiger charge is 2.41. The molecular formula is C33H46FNO2. The summed E-state index contributed by atoms with van der Waals surface area (Å²) in [6, 6.07) is 0. The summed E-state index contributed by atoms with van der Waals surface area (Å²) in [6.45, 7) is 26.8. The molecule has 1 aliphatic rings. The Labute approximate surface area is 224 Å². The molecule has 1 fully saturated rings. The van der Waals surface area contributed by atoms with Crippen molar-refractivity contribution >= 4 is 23.2 Å². The summed E-state index contributed by atoms with van der Waals surface area (Å²) in [5.41, 5.74) is 8.47. The third-order valence-corrected chi connectivity index (χ3v) is 8.08. The lowest BCUT2D eigenvalue weighted by Gasteiger charge is -2.24. The molecule has 0 spiro atoms. The molecular weight excluding hydrogens is 461 g/mol. The molecule has 37 heavy (non-hydrogen) atoms. The van der Waals surface area contributed by atoms with Crippen LogP contribution in [0.3, 0.4) is 0 Å². The van der Waals surface area contributed by atoms with Crippen molar-refractivity contribution in [2.45, 2.75) is 94.6 Å². The highest BCUT2D eigenvalue weighted by molar-refractivity contribution is 5.90. The fraction of sp³-hybridized carbons (Fsp3) is 0.485. The van der Waals surface area contributed by atoms with E-state index < -0.39 is 5.82 Å². The number of allylic oxidation sites excluding steroid dienone is 7. The Morgan fingerprint density at radius 2 is 1.70 bits per heavy atom. The fourth-order valence-electron chi connectivity index (χ4n) is 4.79. The lowest BCUT2D eigenvalue weighted by molar-refractivity contribution is 0.217. The van der Waals surface area contributed by atoms with Crippen molar-refractivity contribution in [3.8, 4) is 0 Å². The zero-order chi connectivity index (χ0) is 28.1. The Balaban J connectivity index is 2.86. The molecule has 2 rings (SSSR count). The Kier molecular flexibility index (Phi) is 10.5. The standard InChI is InChI=1S/C33H46FNO2/c1-12-21(7)23(9)29(22(8)20(5)6)24(10)30-26(13-2)28(18-36)27(14-3)32(31(30)34)35-25(11)37-19-33(15-4)16-17-33/h12,14,36H,3,10,13,15-19H2,1-2,4-9,11H3/b21-12-,29-23-,35-25?. The molecule has 3 nitrogen and oxygen atoms in total. The van der Waals surface area contributed by atoms with Crippen LogP contribution in [-0.4, -0.2) is 17.6 Å². The zero-order valence-corrected chi connectivity index (χ0v) is 24.5. The number of aliphatic hydroxyl groups is 1. The largest absolute Gasteiger partial charge is 0.480 e. The molecule has 1 aromatic carbocycles. The quantitative estimate of drug-likeness (QED) is 0.184. The Bertz CT molecular complexity index is 1190. The molecule has 1 aromatic rings. The van der Waals surface area contributed by atoms with E-state index in [1.165, 1.54) is 0 Å². The number of nitrogens with zero attached hydrogens (tertiary/aromatic N) is 1. The second kappa shape index (κ2) is 12.7. The molecule has 1 N–H and O–H groups in total. The first-order valence-corrected chi connectivity index (χ1v) is 13.4. The number of aliphatic hydroxyl groups excluding tert-OH is 1. The summed E-state index contributed by atoms with van der Waals surface area (Å²) >= 11 is 0. The van der Waals surface area contributed by atoms with Crippen LogP contribution in [-0.2, 0) is 17.8 Å². The molecule has 0 radical (unpaired) electrons. The maximum absolute atomic E-state index is 16.6. The maximum Gasteiger partial charge on any atom is 0.185 e. The average Bonchev–Trinajstić information content (AvgIpc) is 3.67. The number of hydrogen-bond donors (Lipinski definition) is 1. The molecule has 0 bridgehead atoms. The lowest BCUT2D eigenvalue weighted by atomic mass is 9.81. The van der Waals surface area contributed by atoms with Gasteiger partial charge in [-0.1, -0.05) is 50.3 Å². The predicted octanol–water partition coefficient (Wildman–Crippen LogP) is 9.43. The highest BCUT2D eigenvalue weighted by atomic mass is 19.1. The molecule has 1 saturated carbocycles. The monoisotopic (exact) mass is 507 g/mol. The average molecular weight is 508 g/mol. The van der Waals surface area contributed by atoms with E-state index in [9.17, 15) is 5.11 Å². The van der Waals surface area contributed by atoms with Crippen molar-refractivity contribution < 1.29 is 14.2 Å². The molecule has 0 unspecified atom stereocenters. The van der Waals surface area contributed by atoms with Crippen LogP contribution in [0.5, 0.6) is 0 Å². The van der Waals surface area contributed by atoms with E-state index in [4.69, 9.17) is 4.74 Å². The molecule has 4 heteroatoms. The summed E-state index contributed by atoms with van der Waals surface area (Å²) in [4.78, 5) is 4.61. The van der Waals surface area contributed by atoms with Crippen LogP contribution in [0.1, 0.15) is 104 Å². The van der Waals surface area contributed by atoms with Crippen molar-refractivity contribution in [2.24, 2.45) is 10.4 Å². The van der Waals surface area contributed by atoms with E-state index in [1.54, 1.807) is 13.0 Å². The van der Waals surface area contributed by atoms with Gasteiger partial charge in [-0.25, -0.2) is 9.38 Å². The third kappa shape index (κ3) is 6.41. The van der Waals surface area contributed by atoms with Crippen LogP contribution < -0.4 is 0 Å². The number of halogens is 1. The highest BCUT2D eigenvalue weighted by Crippen LogP contribution is 2.49. The van der Waals surface area contributed by atoms with Gasteiger partial charge in [-0.05, 0) is 101 Å². The van der Waals surface area contributed by atoms with E-state index in [-0.39, 0.29) is 17.7 Å². The van der Waals surface area contributed by atoms with E-state index >= 15 is 4.39 Å².